The van der Waals surface area contributed by atoms with E-state index >= 15 is 0 Å². The van der Waals surface area contributed by atoms with Gasteiger partial charge in [0.15, 0.2) is 0 Å². The fourth-order valence-corrected chi connectivity index (χ4v) is 0.585. The van der Waals surface area contributed by atoms with Crippen molar-refractivity contribution in [2.75, 3.05) is 37.9 Å². The highest BCUT2D eigenvalue weighted by Gasteiger charge is 2.00. The Labute approximate surface area is 105 Å². The molecule has 0 unspecified atom stereocenters. The number of carbonyl (C=O) groups is 2. The van der Waals surface area contributed by atoms with Crippen molar-refractivity contribution in [3.8, 4) is 0 Å². The van der Waals surface area contributed by atoms with Crippen LogP contribution in [0, 0.1) is 0 Å². The molecule has 0 bridgehead atoms. The molecule has 0 atom stereocenters. The van der Waals surface area contributed by atoms with Crippen LogP contribution in [-0.4, -0.2) is 60.1 Å². The first kappa shape index (κ1) is 17.9. The van der Waals surface area contributed by atoms with Crippen molar-refractivity contribution >= 4 is 37.2 Å². The zero-order valence-corrected chi connectivity index (χ0v) is 10.5. The van der Waals surface area contributed by atoms with Crippen molar-refractivity contribution in [2.24, 2.45) is 0 Å². The van der Waals surface area contributed by atoms with Gasteiger partial charge in [-0.1, -0.05) is 0 Å². The molecule has 0 radical (unpaired) electrons. The predicted octanol–water partition coefficient (Wildman–Crippen LogP) is -1.10. The minimum atomic E-state index is -0.430. The van der Waals surface area contributed by atoms with E-state index in [4.69, 9.17) is 10.2 Å². The molecule has 0 aromatic rings. The number of hydrogen-bond acceptors (Lipinski definition) is 8. The fourth-order valence-electron chi connectivity index (χ4n) is 0.402. The van der Waals surface area contributed by atoms with Gasteiger partial charge in [-0.15, -0.1) is 0 Å². The SMILES string of the molecule is O=C(CS)OCCOC(=O)CS.OCCO. The molecular formula is C8H16O6S2. The summed E-state index contributed by atoms with van der Waals surface area (Å²) in [4.78, 5) is 20.9. The highest BCUT2D eigenvalue weighted by molar-refractivity contribution is 7.81. The summed E-state index contributed by atoms with van der Waals surface area (Å²) in [6.45, 7) is -0.113. The summed E-state index contributed by atoms with van der Waals surface area (Å²) in [5, 5.41) is 15.2. The van der Waals surface area contributed by atoms with Crippen LogP contribution < -0.4 is 0 Å². The second-order valence-corrected chi connectivity index (χ2v) is 2.84. The van der Waals surface area contributed by atoms with Gasteiger partial charge in [0.25, 0.3) is 0 Å². The summed E-state index contributed by atoms with van der Waals surface area (Å²) in [6.07, 6.45) is 0. The van der Waals surface area contributed by atoms with Gasteiger partial charge < -0.3 is 19.7 Å². The van der Waals surface area contributed by atoms with Crippen molar-refractivity contribution in [2.45, 2.75) is 0 Å². The van der Waals surface area contributed by atoms with Crippen LogP contribution in [0.15, 0.2) is 0 Å². The quantitative estimate of drug-likeness (QED) is 0.279. The van der Waals surface area contributed by atoms with Crippen LogP contribution in [-0.2, 0) is 19.1 Å². The largest absolute Gasteiger partial charge is 0.461 e. The molecule has 0 aliphatic carbocycles. The standard InChI is InChI=1S/C6H10O4S2.C2H6O2/c7-5(3-11)9-1-2-10-6(8)4-12;3-1-2-4/h11-12H,1-4H2;3-4H,1-2H2. The molecule has 0 aromatic heterocycles. The molecule has 0 fully saturated rings. The molecule has 0 heterocycles. The normalized spacial score (nSPS) is 8.75. The Kier molecular flexibility index (Phi) is 16.3. The Morgan fingerprint density at radius 3 is 1.38 bits per heavy atom. The third-order valence-corrected chi connectivity index (χ3v) is 1.48. The lowest BCUT2D eigenvalue weighted by molar-refractivity contribution is -0.148. The molecule has 0 aliphatic heterocycles. The van der Waals surface area contributed by atoms with Crippen LogP contribution in [0.25, 0.3) is 0 Å². The highest BCUT2D eigenvalue weighted by Crippen LogP contribution is 1.85. The lowest BCUT2D eigenvalue weighted by Gasteiger charge is -2.03. The zero-order chi connectivity index (χ0) is 12.8. The van der Waals surface area contributed by atoms with Gasteiger partial charge in [-0.2, -0.15) is 25.3 Å². The molecule has 0 saturated heterocycles. The molecule has 0 amide bonds. The zero-order valence-electron chi connectivity index (χ0n) is 8.66. The van der Waals surface area contributed by atoms with Crippen LogP contribution in [0.2, 0.25) is 0 Å². The third-order valence-electron chi connectivity index (χ3n) is 0.968. The molecule has 16 heavy (non-hydrogen) atoms. The molecule has 0 aliphatic rings. The lowest BCUT2D eigenvalue weighted by atomic mass is 10.7. The summed E-state index contributed by atoms with van der Waals surface area (Å²) >= 11 is 7.36. The number of thiol groups is 2. The first-order valence-electron chi connectivity index (χ1n) is 4.37. The van der Waals surface area contributed by atoms with Crippen molar-refractivity contribution in [1.29, 1.82) is 0 Å². The van der Waals surface area contributed by atoms with Crippen molar-refractivity contribution in [1.82, 2.24) is 0 Å². The van der Waals surface area contributed by atoms with Gasteiger partial charge >= 0.3 is 11.9 Å². The summed E-state index contributed by atoms with van der Waals surface area (Å²) in [7, 11) is 0. The molecular weight excluding hydrogens is 256 g/mol. The molecule has 2 N–H and O–H groups in total. The monoisotopic (exact) mass is 272 g/mol. The van der Waals surface area contributed by atoms with Crippen molar-refractivity contribution in [3.05, 3.63) is 0 Å². The van der Waals surface area contributed by atoms with Gasteiger partial charge in [0, 0.05) is 0 Å². The third kappa shape index (κ3) is 16.0. The number of ether oxygens (including phenoxy) is 2. The number of esters is 2. The summed E-state index contributed by atoms with van der Waals surface area (Å²) in [6, 6.07) is 0. The van der Waals surface area contributed by atoms with E-state index in [1.807, 2.05) is 0 Å². The molecule has 0 rings (SSSR count). The van der Waals surface area contributed by atoms with Gasteiger partial charge in [-0.3, -0.25) is 9.59 Å². The van der Waals surface area contributed by atoms with Crippen molar-refractivity contribution in [3.63, 3.8) is 0 Å². The van der Waals surface area contributed by atoms with Crippen LogP contribution in [0.5, 0.6) is 0 Å². The maximum atomic E-state index is 10.5. The average molecular weight is 272 g/mol. The van der Waals surface area contributed by atoms with E-state index in [0.717, 1.165) is 0 Å². The van der Waals surface area contributed by atoms with E-state index in [2.05, 4.69) is 34.7 Å². The Hall–Kier alpha value is -0.440. The maximum absolute atomic E-state index is 10.5. The van der Waals surface area contributed by atoms with E-state index in [1.165, 1.54) is 0 Å². The second kappa shape index (κ2) is 14.6. The Morgan fingerprint density at radius 2 is 1.19 bits per heavy atom. The van der Waals surface area contributed by atoms with E-state index in [-0.39, 0.29) is 37.9 Å². The van der Waals surface area contributed by atoms with Crippen molar-refractivity contribution < 1.29 is 29.3 Å². The maximum Gasteiger partial charge on any atom is 0.315 e. The molecule has 6 nitrogen and oxygen atoms in total. The Bertz CT molecular complexity index is 167. The summed E-state index contributed by atoms with van der Waals surface area (Å²) < 4.78 is 9.14. The van der Waals surface area contributed by atoms with Crippen LogP contribution >= 0.6 is 25.3 Å². The number of rotatable bonds is 6. The number of aliphatic hydroxyl groups is 2. The van der Waals surface area contributed by atoms with E-state index in [0.29, 0.717) is 0 Å². The van der Waals surface area contributed by atoms with Gasteiger partial charge in [-0.25, -0.2) is 0 Å². The second-order valence-electron chi connectivity index (χ2n) is 2.20. The van der Waals surface area contributed by atoms with E-state index in [9.17, 15) is 9.59 Å². The highest BCUT2D eigenvalue weighted by atomic mass is 32.1. The minimum Gasteiger partial charge on any atom is -0.461 e. The Balaban J connectivity index is 0. The number of hydrogen-bond donors (Lipinski definition) is 4. The topological polar surface area (TPSA) is 93.1 Å². The van der Waals surface area contributed by atoms with Gasteiger partial charge in [0.1, 0.15) is 13.2 Å². The van der Waals surface area contributed by atoms with Gasteiger partial charge in [0.05, 0.1) is 24.7 Å². The van der Waals surface area contributed by atoms with E-state index < -0.39 is 11.9 Å². The van der Waals surface area contributed by atoms with Crippen LogP contribution in [0.1, 0.15) is 0 Å². The lowest BCUT2D eigenvalue weighted by Crippen LogP contribution is -2.14. The Morgan fingerprint density at radius 1 is 0.875 bits per heavy atom. The number of carbonyl (C=O) groups excluding carboxylic acids is 2. The first-order valence-corrected chi connectivity index (χ1v) is 5.63. The van der Waals surface area contributed by atoms with Crippen LogP contribution in [0.4, 0.5) is 0 Å². The molecule has 8 heteroatoms. The van der Waals surface area contributed by atoms with Gasteiger partial charge in [0.2, 0.25) is 0 Å². The average Bonchev–Trinajstić information content (AvgIpc) is 2.34. The van der Waals surface area contributed by atoms with Crippen LogP contribution in [0.3, 0.4) is 0 Å². The fraction of sp³-hybridized carbons (Fsp3) is 0.750. The summed E-state index contributed by atoms with van der Waals surface area (Å²) in [5.74, 6) is -0.804. The molecule has 0 saturated carbocycles. The molecule has 0 spiro atoms. The first-order chi connectivity index (χ1) is 7.62. The number of aliphatic hydroxyl groups excluding tert-OH is 2. The smallest absolute Gasteiger partial charge is 0.315 e. The summed E-state index contributed by atoms with van der Waals surface area (Å²) in [5.41, 5.74) is 0. The predicted molar refractivity (Wildman–Crippen MR) is 63.8 cm³/mol. The molecule has 96 valence electrons. The molecule has 0 aromatic carbocycles. The van der Waals surface area contributed by atoms with E-state index in [1.54, 1.807) is 0 Å². The van der Waals surface area contributed by atoms with Gasteiger partial charge in [-0.05, 0) is 0 Å². The minimum absolute atomic E-state index is 0.0283.